The number of nitrogens with two attached hydrogens (primary N) is 1. The Balaban J connectivity index is 1.35. The maximum absolute atomic E-state index is 12.3. The fourth-order valence-electron chi connectivity index (χ4n) is 3.29. The van der Waals surface area contributed by atoms with Gasteiger partial charge in [0.2, 0.25) is 11.9 Å². The molecule has 10 nitrogen and oxygen atoms in total. The molecule has 0 aliphatic rings. The Morgan fingerprint density at radius 1 is 1.18 bits per heavy atom. The predicted octanol–water partition coefficient (Wildman–Crippen LogP) is 0.658. The first-order valence-corrected chi connectivity index (χ1v) is 9.06. The fraction of sp³-hybridized carbons (Fsp3) is 0.333. The molecule has 0 saturated carbocycles. The summed E-state index contributed by atoms with van der Waals surface area (Å²) in [6.07, 6.45) is 3.46. The van der Waals surface area contributed by atoms with E-state index in [0.29, 0.717) is 31.6 Å². The second-order valence-electron chi connectivity index (χ2n) is 6.59. The quantitative estimate of drug-likeness (QED) is 0.503. The predicted molar refractivity (Wildman–Crippen MR) is 103 cm³/mol. The van der Waals surface area contributed by atoms with E-state index in [1.54, 1.807) is 4.52 Å². The number of nitrogen functional groups attached to an aromatic ring is 1. The van der Waals surface area contributed by atoms with Crippen LogP contribution in [0.4, 0.5) is 5.95 Å². The third-order valence-corrected chi connectivity index (χ3v) is 4.72. The lowest BCUT2D eigenvalue weighted by Crippen LogP contribution is -2.26. The number of pyridine rings is 1. The fourth-order valence-corrected chi connectivity index (χ4v) is 3.29. The number of hydrogen-bond donors (Lipinski definition) is 2. The molecule has 0 spiro atoms. The van der Waals surface area contributed by atoms with Crippen LogP contribution in [0.2, 0.25) is 0 Å². The van der Waals surface area contributed by atoms with Gasteiger partial charge in [0.25, 0.3) is 5.78 Å². The summed E-state index contributed by atoms with van der Waals surface area (Å²) in [5, 5.41) is 15.4. The van der Waals surface area contributed by atoms with Crippen molar-refractivity contribution >= 4 is 23.3 Å². The number of anilines is 1. The van der Waals surface area contributed by atoms with Crippen LogP contribution in [0.3, 0.4) is 0 Å². The van der Waals surface area contributed by atoms with Gasteiger partial charge in [-0.25, -0.2) is 4.98 Å². The van der Waals surface area contributed by atoms with Crippen LogP contribution in [0.1, 0.15) is 29.2 Å². The first kappa shape index (κ1) is 17.8. The molecule has 4 aromatic heterocycles. The number of carbonyl (C=O) groups excluding carboxylic acids is 1. The van der Waals surface area contributed by atoms with E-state index in [0.717, 1.165) is 28.4 Å². The molecular weight excluding hydrogens is 358 g/mol. The monoisotopic (exact) mass is 379 g/mol. The van der Waals surface area contributed by atoms with Crippen LogP contribution in [0.15, 0.2) is 24.4 Å². The summed E-state index contributed by atoms with van der Waals surface area (Å²) in [4.78, 5) is 20.8. The van der Waals surface area contributed by atoms with E-state index in [2.05, 4.69) is 30.6 Å². The zero-order valence-corrected chi connectivity index (χ0v) is 15.8. The van der Waals surface area contributed by atoms with Crippen LogP contribution in [-0.4, -0.2) is 46.6 Å². The normalized spacial score (nSPS) is 11.4. The molecule has 0 unspecified atom stereocenters. The second kappa shape index (κ2) is 7.22. The van der Waals surface area contributed by atoms with E-state index >= 15 is 0 Å². The van der Waals surface area contributed by atoms with Crippen LogP contribution in [0.5, 0.6) is 0 Å². The molecular formula is C18H21N9O. The van der Waals surface area contributed by atoms with Gasteiger partial charge in [0.05, 0.1) is 0 Å². The van der Waals surface area contributed by atoms with Crippen molar-refractivity contribution in [3.63, 3.8) is 0 Å². The Morgan fingerprint density at radius 3 is 2.89 bits per heavy atom. The minimum Gasteiger partial charge on any atom is -0.366 e. The molecule has 0 aliphatic carbocycles. The van der Waals surface area contributed by atoms with Crippen molar-refractivity contribution in [2.45, 2.75) is 33.1 Å². The first-order chi connectivity index (χ1) is 13.5. The number of hydrogen-bond acceptors (Lipinski definition) is 7. The molecule has 0 fully saturated rings. The van der Waals surface area contributed by atoms with Crippen molar-refractivity contribution in [3.05, 3.63) is 47.2 Å². The van der Waals surface area contributed by atoms with E-state index in [4.69, 9.17) is 5.73 Å². The number of aryl methyl sites for hydroxylation is 2. The molecule has 4 rings (SSSR count). The SMILES string of the molecule is Cc1nc2nc(N)nn2c(C)c1CCC(=O)NCCc1nnc2ccccn12. The number of amides is 1. The summed E-state index contributed by atoms with van der Waals surface area (Å²) in [7, 11) is 0. The summed E-state index contributed by atoms with van der Waals surface area (Å²) in [6.45, 7) is 4.34. The Bertz CT molecular complexity index is 1160. The summed E-state index contributed by atoms with van der Waals surface area (Å²) < 4.78 is 3.54. The van der Waals surface area contributed by atoms with E-state index in [-0.39, 0.29) is 11.9 Å². The standard InChI is InChI=1S/C18H21N9O/c1-11-13(12(2)27-18(21-11)22-17(19)25-27)6-7-16(28)20-9-8-15-24-23-14-5-3-4-10-26(14)15/h3-5,10H,6-9H2,1-2H3,(H2,19,25)(H,20,28). The molecule has 3 N–H and O–H groups in total. The van der Waals surface area contributed by atoms with Crippen LogP contribution in [0.25, 0.3) is 11.4 Å². The topological polar surface area (TPSA) is 128 Å². The van der Waals surface area contributed by atoms with E-state index in [1.165, 1.54) is 0 Å². The summed E-state index contributed by atoms with van der Waals surface area (Å²) in [5.74, 6) is 1.46. The minimum atomic E-state index is -0.0224. The lowest BCUT2D eigenvalue weighted by atomic mass is 10.1. The molecule has 1 amide bonds. The van der Waals surface area contributed by atoms with Crippen molar-refractivity contribution in [1.82, 2.24) is 39.5 Å². The highest BCUT2D eigenvalue weighted by Gasteiger charge is 2.14. The van der Waals surface area contributed by atoms with Gasteiger partial charge in [-0.2, -0.15) is 9.50 Å². The van der Waals surface area contributed by atoms with Crippen molar-refractivity contribution in [2.24, 2.45) is 0 Å². The van der Waals surface area contributed by atoms with E-state index < -0.39 is 0 Å². The van der Waals surface area contributed by atoms with Gasteiger partial charge in [-0.05, 0) is 38.0 Å². The maximum atomic E-state index is 12.3. The molecule has 0 aliphatic heterocycles. The van der Waals surface area contributed by atoms with Crippen LogP contribution >= 0.6 is 0 Å². The Morgan fingerprint density at radius 2 is 2.04 bits per heavy atom. The van der Waals surface area contributed by atoms with Crippen molar-refractivity contribution < 1.29 is 4.79 Å². The highest BCUT2D eigenvalue weighted by Crippen LogP contribution is 2.16. The third kappa shape index (κ3) is 3.36. The zero-order chi connectivity index (χ0) is 19.7. The zero-order valence-electron chi connectivity index (χ0n) is 15.8. The molecule has 10 heteroatoms. The summed E-state index contributed by atoms with van der Waals surface area (Å²) in [5.41, 5.74) is 9.16. The van der Waals surface area contributed by atoms with Crippen LogP contribution < -0.4 is 11.1 Å². The van der Waals surface area contributed by atoms with Crippen molar-refractivity contribution in [3.8, 4) is 0 Å². The van der Waals surface area contributed by atoms with Gasteiger partial charge < -0.3 is 11.1 Å². The minimum absolute atomic E-state index is 0.0224. The van der Waals surface area contributed by atoms with E-state index in [1.807, 2.05) is 42.6 Å². The molecule has 0 aromatic carbocycles. The highest BCUT2D eigenvalue weighted by molar-refractivity contribution is 5.76. The third-order valence-electron chi connectivity index (χ3n) is 4.72. The molecule has 4 heterocycles. The van der Waals surface area contributed by atoms with Gasteiger partial charge in [0, 0.05) is 37.0 Å². The number of aromatic nitrogens is 7. The summed E-state index contributed by atoms with van der Waals surface area (Å²) in [6, 6.07) is 5.74. The Hall–Kier alpha value is -3.56. The molecule has 0 atom stereocenters. The van der Waals surface area contributed by atoms with Gasteiger partial charge in [-0.1, -0.05) is 6.07 Å². The Labute approximate surface area is 160 Å². The molecule has 0 saturated heterocycles. The number of rotatable bonds is 6. The smallest absolute Gasteiger partial charge is 0.254 e. The Kier molecular flexibility index (Phi) is 4.60. The number of nitrogens with zero attached hydrogens (tertiary/aromatic N) is 7. The number of carbonyl (C=O) groups is 1. The largest absolute Gasteiger partial charge is 0.366 e. The van der Waals surface area contributed by atoms with Crippen LogP contribution in [0, 0.1) is 13.8 Å². The van der Waals surface area contributed by atoms with Gasteiger partial charge in [-0.15, -0.1) is 15.3 Å². The average Bonchev–Trinajstić information content (AvgIpc) is 3.25. The number of nitrogens with one attached hydrogen (secondary N) is 1. The summed E-state index contributed by atoms with van der Waals surface area (Å²) >= 11 is 0. The van der Waals surface area contributed by atoms with Crippen LogP contribution in [-0.2, 0) is 17.6 Å². The van der Waals surface area contributed by atoms with Crippen molar-refractivity contribution in [2.75, 3.05) is 12.3 Å². The van der Waals surface area contributed by atoms with Gasteiger partial charge in [-0.3, -0.25) is 9.20 Å². The van der Waals surface area contributed by atoms with Gasteiger partial charge in [0.15, 0.2) is 5.65 Å². The molecule has 4 aromatic rings. The molecule has 0 radical (unpaired) electrons. The average molecular weight is 379 g/mol. The lowest BCUT2D eigenvalue weighted by Gasteiger charge is -2.10. The highest BCUT2D eigenvalue weighted by atomic mass is 16.1. The number of fused-ring (bicyclic) bond motifs is 2. The van der Waals surface area contributed by atoms with Gasteiger partial charge in [0.1, 0.15) is 5.82 Å². The molecule has 144 valence electrons. The lowest BCUT2D eigenvalue weighted by molar-refractivity contribution is -0.121. The van der Waals surface area contributed by atoms with Crippen molar-refractivity contribution in [1.29, 1.82) is 0 Å². The maximum Gasteiger partial charge on any atom is 0.254 e. The van der Waals surface area contributed by atoms with Gasteiger partial charge >= 0.3 is 0 Å². The second-order valence-corrected chi connectivity index (χ2v) is 6.59. The van der Waals surface area contributed by atoms with E-state index in [9.17, 15) is 4.79 Å². The molecule has 0 bridgehead atoms. The first-order valence-electron chi connectivity index (χ1n) is 9.06. The molecule has 28 heavy (non-hydrogen) atoms.